The molecule has 0 fully saturated rings. The predicted molar refractivity (Wildman–Crippen MR) is 85.7 cm³/mol. The molecule has 1 N–H and O–H groups in total. The van der Waals surface area contributed by atoms with E-state index in [1.807, 2.05) is 12.4 Å². The van der Waals surface area contributed by atoms with Gasteiger partial charge in [-0.3, -0.25) is 4.98 Å². The number of rotatable bonds is 6. The van der Waals surface area contributed by atoms with Gasteiger partial charge in [-0.2, -0.15) is 0 Å². The number of aryl methyl sites for hydroxylation is 1. The van der Waals surface area contributed by atoms with Crippen molar-refractivity contribution in [2.24, 2.45) is 0 Å². The molecule has 0 saturated heterocycles. The van der Waals surface area contributed by atoms with Gasteiger partial charge >= 0.3 is 0 Å². The Labute approximate surface area is 127 Å². The first kappa shape index (κ1) is 14.7. The predicted octanol–water partition coefficient (Wildman–Crippen LogP) is 4.50. The first-order valence-corrected chi connectivity index (χ1v) is 8.24. The van der Waals surface area contributed by atoms with Crippen LogP contribution in [0.15, 0.2) is 34.4 Å². The zero-order valence-electron chi connectivity index (χ0n) is 11.3. The number of hydrogen-bond donors (Lipinski definition) is 1. The summed E-state index contributed by atoms with van der Waals surface area (Å²) < 4.78 is 1.17. The van der Waals surface area contributed by atoms with E-state index in [0.29, 0.717) is 6.04 Å². The quantitative estimate of drug-likeness (QED) is 0.838. The maximum atomic E-state index is 4.31. The van der Waals surface area contributed by atoms with Gasteiger partial charge in [-0.25, -0.2) is 0 Å². The molecular formula is C15H19BrN2S. The topological polar surface area (TPSA) is 24.9 Å². The van der Waals surface area contributed by atoms with Crippen LogP contribution in [0.1, 0.15) is 35.4 Å². The molecule has 0 spiro atoms. The molecule has 2 aromatic rings. The lowest BCUT2D eigenvalue weighted by Crippen LogP contribution is -2.24. The van der Waals surface area contributed by atoms with Crippen LogP contribution in [0.25, 0.3) is 0 Å². The van der Waals surface area contributed by atoms with E-state index in [-0.39, 0.29) is 0 Å². The van der Waals surface area contributed by atoms with Gasteiger partial charge in [0, 0.05) is 39.6 Å². The van der Waals surface area contributed by atoms with Gasteiger partial charge in [0.2, 0.25) is 0 Å². The molecule has 4 heteroatoms. The molecule has 102 valence electrons. The summed E-state index contributed by atoms with van der Waals surface area (Å²) in [6.45, 7) is 5.32. The van der Waals surface area contributed by atoms with E-state index < -0.39 is 0 Å². The second-order valence-corrected chi connectivity index (χ2v) is 6.65. The summed E-state index contributed by atoms with van der Waals surface area (Å²) in [4.78, 5) is 5.70. The van der Waals surface area contributed by atoms with Crippen molar-refractivity contribution in [3.05, 3.63) is 50.4 Å². The number of hydrogen-bond acceptors (Lipinski definition) is 3. The molecule has 0 bridgehead atoms. The number of nitrogens with one attached hydrogen (secondary N) is 1. The highest BCUT2D eigenvalue weighted by Crippen LogP contribution is 2.25. The van der Waals surface area contributed by atoms with Crippen LogP contribution in [-0.4, -0.2) is 11.5 Å². The van der Waals surface area contributed by atoms with E-state index in [9.17, 15) is 0 Å². The highest BCUT2D eigenvalue weighted by atomic mass is 79.9. The van der Waals surface area contributed by atoms with Crippen LogP contribution in [0.3, 0.4) is 0 Å². The van der Waals surface area contributed by atoms with E-state index in [1.54, 1.807) is 11.3 Å². The van der Waals surface area contributed by atoms with Crippen molar-refractivity contribution in [1.29, 1.82) is 0 Å². The summed E-state index contributed by atoms with van der Waals surface area (Å²) in [6, 6.07) is 4.77. The average molecular weight is 339 g/mol. The van der Waals surface area contributed by atoms with E-state index in [4.69, 9.17) is 0 Å². The van der Waals surface area contributed by atoms with Crippen LogP contribution in [-0.2, 0) is 6.42 Å². The highest BCUT2D eigenvalue weighted by molar-refractivity contribution is 9.10. The first-order valence-electron chi connectivity index (χ1n) is 6.57. The van der Waals surface area contributed by atoms with Gasteiger partial charge in [-0.05, 0) is 53.0 Å². The Morgan fingerprint density at radius 2 is 2.21 bits per heavy atom. The SMILES string of the molecule is CCCNC(Cc1cc(Br)cs1)c1cncc(C)c1. The molecule has 0 aliphatic carbocycles. The smallest absolute Gasteiger partial charge is 0.0384 e. The molecule has 1 unspecified atom stereocenters. The fraction of sp³-hybridized carbons (Fsp3) is 0.400. The summed E-state index contributed by atoms with van der Waals surface area (Å²) in [7, 11) is 0. The van der Waals surface area contributed by atoms with Gasteiger partial charge < -0.3 is 5.32 Å². The summed E-state index contributed by atoms with van der Waals surface area (Å²) in [6.07, 6.45) is 6.04. The summed E-state index contributed by atoms with van der Waals surface area (Å²) in [5.74, 6) is 0. The first-order chi connectivity index (χ1) is 9.19. The summed E-state index contributed by atoms with van der Waals surface area (Å²) in [5, 5.41) is 5.76. The molecular weight excluding hydrogens is 320 g/mol. The molecule has 0 amide bonds. The van der Waals surface area contributed by atoms with Crippen LogP contribution in [0.4, 0.5) is 0 Å². The number of nitrogens with zero attached hydrogens (tertiary/aromatic N) is 1. The minimum Gasteiger partial charge on any atom is -0.310 e. The third kappa shape index (κ3) is 4.41. The molecule has 0 aliphatic heterocycles. The molecule has 0 aliphatic rings. The van der Waals surface area contributed by atoms with E-state index in [1.165, 1.54) is 20.5 Å². The lowest BCUT2D eigenvalue weighted by atomic mass is 10.0. The molecule has 19 heavy (non-hydrogen) atoms. The van der Waals surface area contributed by atoms with Crippen molar-refractivity contribution >= 4 is 27.3 Å². The van der Waals surface area contributed by atoms with Crippen molar-refractivity contribution in [3.63, 3.8) is 0 Å². The van der Waals surface area contributed by atoms with Crippen LogP contribution in [0, 0.1) is 6.92 Å². The molecule has 1 atom stereocenters. The van der Waals surface area contributed by atoms with Crippen molar-refractivity contribution in [2.45, 2.75) is 32.7 Å². The number of halogens is 1. The Hall–Kier alpha value is -0.710. The Balaban J connectivity index is 2.15. The van der Waals surface area contributed by atoms with Gasteiger partial charge in [-0.1, -0.05) is 13.0 Å². The Morgan fingerprint density at radius 3 is 2.84 bits per heavy atom. The molecule has 0 saturated carbocycles. The Morgan fingerprint density at radius 1 is 1.37 bits per heavy atom. The standard InChI is InChI=1S/C15H19BrN2S/c1-3-4-18-15(7-14-6-13(16)10-19-14)12-5-11(2)8-17-9-12/h5-6,8-10,15,18H,3-4,7H2,1-2H3. The van der Waals surface area contributed by atoms with Crippen molar-refractivity contribution in [1.82, 2.24) is 10.3 Å². The monoisotopic (exact) mass is 338 g/mol. The van der Waals surface area contributed by atoms with Gasteiger partial charge in [0.1, 0.15) is 0 Å². The fourth-order valence-corrected chi connectivity index (χ4v) is 3.56. The maximum Gasteiger partial charge on any atom is 0.0384 e. The van der Waals surface area contributed by atoms with Crippen LogP contribution in [0.5, 0.6) is 0 Å². The second-order valence-electron chi connectivity index (χ2n) is 4.74. The van der Waals surface area contributed by atoms with Gasteiger partial charge in [-0.15, -0.1) is 11.3 Å². The molecule has 0 radical (unpaired) electrons. The van der Waals surface area contributed by atoms with Crippen molar-refractivity contribution in [3.8, 4) is 0 Å². The molecule has 2 aromatic heterocycles. The van der Waals surface area contributed by atoms with Crippen LogP contribution < -0.4 is 5.32 Å². The number of aromatic nitrogens is 1. The Bertz CT molecular complexity index is 524. The third-order valence-corrected chi connectivity index (χ3v) is 4.69. The van der Waals surface area contributed by atoms with E-state index >= 15 is 0 Å². The third-order valence-electron chi connectivity index (χ3n) is 2.97. The van der Waals surface area contributed by atoms with Crippen LogP contribution in [0.2, 0.25) is 0 Å². The zero-order valence-corrected chi connectivity index (χ0v) is 13.7. The lowest BCUT2D eigenvalue weighted by Gasteiger charge is -2.18. The molecule has 2 nitrogen and oxygen atoms in total. The molecule has 2 heterocycles. The lowest BCUT2D eigenvalue weighted by molar-refractivity contribution is 0.530. The second kappa shape index (κ2) is 7.17. The minimum atomic E-state index is 0.345. The highest BCUT2D eigenvalue weighted by Gasteiger charge is 2.13. The minimum absolute atomic E-state index is 0.345. The van der Waals surface area contributed by atoms with Gasteiger partial charge in [0.15, 0.2) is 0 Å². The average Bonchev–Trinajstić information content (AvgIpc) is 2.80. The maximum absolute atomic E-state index is 4.31. The molecule has 0 aromatic carbocycles. The van der Waals surface area contributed by atoms with Crippen molar-refractivity contribution in [2.75, 3.05) is 6.54 Å². The number of thiophene rings is 1. The normalized spacial score (nSPS) is 12.6. The van der Waals surface area contributed by atoms with Gasteiger partial charge in [0.25, 0.3) is 0 Å². The number of pyridine rings is 1. The summed E-state index contributed by atoms with van der Waals surface area (Å²) >= 11 is 5.32. The molecule has 2 rings (SSSR count). The zero-order chi connectivity index (χ0) is 13.7. The van der Waals surface area contributed by atoms with E-state index in [2.05, 4.69) is 57.6 Å². The van der Waals surface area contributed by atoms with Gasteiger partial charge in [0.05, 0.1) is 0 Å². The largest absolute Gasteiger partial charge is 0.310 e. The van der Waals surface area contributed by atoms with E-state index in [0.717, 1.165) is 19.4 Å². The van der Waals surface area contributed by atoms with Crippen molar-refractivity contribution < 1.29 is 0 Å². The Kier molecular flexibility index (Phi) is 5.55. The summed E-state index contributed by atoms with van der Waals surface area (Å²) in [5.41, 5.74) is 2.49. The van der Waals surface area contributed by atoms with Crippen LogP contribution >= 0.6 is 27.3 Å². The fourth-order valence-electron chi connectivity index (χ4n) is 2.06.